The Morgan fingerprint density at radius 2 is 1.94 bits per heavy atom. The SMILES string of the molecule is CC[C@H]1C(=O)N(C)c2cnc(NCc3cnn(Cc4ccc(F)cc4)c3)nc2N1CC1CC1. The first-order valence-corrected chi connectivity index (χ1v) is 11.4. The summed E-state index contributed by atoms with van der Waals surface area (Å²) < 4.78 is 14.9. The van der Waals surface area contributed by atoms with Crippen LogP contribution in [0.1, 0.15) is 37.3 Å². The first-order chi connectivity index (χ1) is 16.0. The van der Waals surface area contributed by atoms with Crippen LogP contribution in [0.25, 0.3) is 0 Å². The smallest absolute Gasteiger partial charge is 0.249 e. The number of benzene rings is 1. The van der Waals surface area contributed by atoms with Crippen molar-refractivity contribution in [2.45, 2.75) is 45.3 Å². The largest absolute Gasteiger partial charge is 0.350 e. The molecule has 0 spiro atoms. The van der Waals surface area contributed by atoms with E-state index in [-0.39, 0.29) is 17.8 Å². The number of carbonyl (C=O) groups excluding carboxylic acids is 1. The number of hydrogen-bond acceptors (Lipinski definition) is 6. The highest BCUT2D eigenvalue weighted by Crippen LogP contribution is 2.39. The molecule has 1 N–H and O–H groups in total. The van der Waals surface area contributed by atoms with E-state index in [4.69, 9.17) is 4.98 Å². The number of aromatic nitrogens is 4. The topological polar surface area (TPSA) is 79.2 Å². The number of hydrogen-bond donors (Lipinski definition) is 1. The van der Waals surface area contributed by atoms with Gasteiger partial charge in [0.1, 0.15) is 17.5 Å². The summed E-state index contributed by atoms with van der Waals surface area (Å²) in [5, 5.41) is 7.69. The lowest BCUT2D eigenvalue weighted by Gasteiger charge is -2.40. The van der Waals surface area contributed by atoms with Gasteiger partial charge in [0.05, 0.1) is 18.9 Å². The van der Waals surface area contributed by atoms with Gasteiger partial charge in [-0.2, -0.15) is 10.1 Å². The van der Waals surface area contributed by atoms with Crippen LogP contribution in [-0.2, 0) is 17.9 Å². The van der Waals surface area contributed by atoms with Crippen molar-refractivity contribution < 1.29 is 9.18 Å². The van der Waals surface area contributed by atoms with Crippen LogP contribution in [0, 0.1) is 11.7 Å². The van der Waals surface area contributed by atoms with Gasteiger partial charge in [0.25, 0.3) is 0 Å². The fourth-order valence-electron chi connectivity index (χ4n) is 4.25. The molecule has 3 heterocycles. The highest BCUT2D eigenvalue weighted by atomic mass is 19.1. The molecule has 172 valence electrons. The van der Waals surface area contributed by atoms with E-state index in [1.807, 2.05) is 17.8 Å². The summed E-state index contributed by atoms with van der Waals surface area (Å²) >= 11 is 0. The number of likely N-dealkylation sites (N-methyl/N-ethyl adjacent to an activating group) is 1. The average Bonchev–Trinajstić information content (AvgIpc) is 3.54. The molecule has 3 aromatic rings. The zero-order chi connectivity index (χ0) is 22.9. The van der Waals surface area contributed by atoms with Gasteiger partial charge in [0.2, 0.25) is 11.9 Å². The van der Waals surface area contributed by atoms with E-state index in [2.05, 4.69) is 20.3 Å². The molecule has 5 rings (SSSR count). The molecule has 0 saturated heterocycles. The van der Waals surface area contributed by atoms with Gasteiger partial charge in [0, 0.05) is 31.9 Å². The zero-order valence-electron chi connectivity index (χ0n) is 18.9. The number of rotatable bonds is 8. The van der Waals surface area contributed by atoms with Crippen molar-refractivity contribution in [1.82, 2.24) is 19.7 Å². The number of nitrogens with one attached hydrogen (secondary N) is 1. The Morgan fingerprint density at radius 1 is 1.15 bits per heavy atom. The molecule has 9 heteroatoms. The van der Waals surface area contributed by atoms with Gasteiger partial charge in [-0.15, -0.1) is 0 Å². The molecule has 0 radical (unpaired) electrons. The van der Waals surface area contributed by atoms with E-state index in [9.17, 15) is 9.18 Å². The van der Waals surface area contributed by atoms with Crippen LogP contribution in [0.4, 0.5) is 21.8 Å². The van der Waals surface area contributed by atoms with Crippen LogP contribution in [0.2, 0.25) is 0 Å². The van der Waals surface area contributed by atoms with Crippen molar-refractivity contribution in [3.05, 3.63) is 59.8 Å². The van der Waals surface area contributed by atoms with E-state index in [0.29, 0.717) is 25.0 Å². The van der Waals surface area contributed by atoms with Crippen LogP contribution in [0.5, 0.6) is 0 Å². The minimum absolute atomic E-state index is 0.100. The number of amides is 1. The lowest BCUT2D eigenvalue weighted by atomic mass is 10.1. The van der Waals surface area contributed by atoms with E-state index >= 15 is 0 Å². The standard InChI is InChI=1S/C24H28FN7O/c1-3-20-23(33)30(2)21-12-27-24(29-22(21)32(20)15-17-4-5-17)26-10-18-11-28-31(14-18)13-16-6-8-19(25)9-7-16/h6-9,11-12,14,17,20H,3-5,10,13,15H2,1-2H3,(H,26,27,29)/t20-/m0/s1. The van der Waals surface area contributed by atoms with Crippen molar-refractivity contribution in [3.8, 4) is 0 Å². The van der Waals surface area contributed by atoms with Gasteiger partial charge in [-0.25, -0.2) is 9.37 Å². The Kier molecular flexibility index (Phi) is 5.70. The molecule has 2 aliphatic rings. The van der Waals surface area contributed by atoms with E-state index in [1.54, 1.807) is 36.5 Å². The van der Waals surface area contributed by atoms with Crippen LogP contribution >= 0.6 is 0 Å². The van der Waals surface area contributed by atoms with Crippen molar-refractivity contribution in [2.75, 3.05) is 28.7 Å². The molecular weight excluding hydrogens is 421 g/mol. The molecule has 1 fully saturated rings. The predicted molar refractivity (Wildman–Crippen MR) is 125 cm³/mol. The summed E-state index contributed by atoms with van der Waals surface area (Å²) in [7, 11) is 1.80. The van der Waals surface area contributed by atoms with E-state index < -0.39 is 0 Å². The highest BCUT2D eigenvalue weighted by Gasteiger charge is 2.39. The first-order valence-electron chi connectivity index (χ1n) is 11.4. The molecule has 2 aromatic heterocycles. The number of carbonyl (C=O) groups is 1. The summed E-state index contributed by atoms with van der Waals surface area (Å²) in [5.41, 5.74) is 2.73. The van der Waals surface area contributed by atoms with Crippen LogP contribution < -0.4 is 15.1 Å². The number of anilines is 3. The number of nitrogens with zero attached hydrogens (tertiary/aromatic N) is 6. The monoisotopic (exact) mass is 449 g/mol. The maximum atomic E-state index is 13.1. The van der Waals surface area contributed by atoms with Crippen LogP contribution in [0.15, 0.2) is 42.9 Å². The molecule has 1 aliphatic heterocycles. The Hall–Kier alpha value is -3.49. The fourth-order valence-corrected chi connectivity index (χ4v) is 4.25. The third-order valence-electron chi connectivity index (χ3n) is 6.31. The molecule has 1 atom stereocenters. The van der Waals surface area contributed by atoms with Gasteiger partial charge in [-0.3, -0.25) is 9.48 Å². The maximum absolute atomic E-state index is 13.1. The highest BCUT2D eigenvalue weighted by molar-refractivity contribution is 6.04. The van der Waals surface area contributed by atoms with Gasteiger partial charge < -0.3 is 15.1 Å². The normalized spacial score (nSPS) is 17.9. The number of fused-ring (bicyclic) bond motifs is 1. The Balaban J connectivity index is 1.29. The fraction of sp³-hybridized carbons (Fsp3) is 0.417. The zero-order valence-corrected chi connectivity index (χ0v) is 18.9. The Labute approximate surface area is 192 Å². The summed E-state index contributed by atoms with van der Waals surface area (Å²) in [5.74, 6) is 1.84. The number of halogens is 1. The second kappa shape index (κ2) is 8.80. The molecule has 1 aromatic carbocycles. The third-order valence-corrected chi connectivity index (χ3v) is 6.31. The summed E-state index contributed by atoms with van der Waals surface area (Å²) in [6, 6.07) is 6.24. The Morgan fingerprint density at radius 3 is 2.67 bits per heavy atom. The average molecular weight is 450 g/mol. The molecule has 1 aliphatic carbocycles. The molecule has 8 nitrogen and oxygen atoms in total. The minimum atomic E-state index is -0.245. The Bertz CT molecular complexity index is 1140. The van der Waals surface area contributed by atoms with Crippen molar-refractivity contribution in [1.29, 1.82) is 0 Å². The second-order valence-corrected chi connectivity index (χ2v) is 8.85. The third kappa shape index (κ3) is 4.53. The molecule has 33 heavy (non-hydrogen) atoms. The van der Waals surface area contributed by atoms with Crippen molar-refractivity contribution >= 4 is 23.4 Å². The van der Waals surface area contributed by atoms with Gasteiger partial charge in [0.15, 0.2) is 5.82 Å². The van der Waals surface area contributed by atoms with E-state index in [0.717, 1.165) is 35.6 Å². The lowest BCUT2D eigenvalue weighted by Crippen LogP contribution is -2.53. The van der Waals surface area contributed by atoms with Crippen molar-refractivity contribution in [2.24, 2.45) is 5.92 Å². The van der Waals surface area contributed by atoms with Gasteiger partial charge in [-0.05, 0) is 42.9 Å². The van der Waals surface area contributed by atoms with E-state index in [1.165, 1.54) is 25.0 Å². The lowest BCUT2D eigenvalue weighted by molar-refractivity contribution is -0.120. The molecule has 1 amide bonds. The predicted octanol–water partition coefficient (Wildman–Crippen LogP) is 3.44. The van der Waals surface area contributed by atoms with Crippen molar-refractivity contribution in [3.63, 3.8) is 0 Å². The molecule has 0 unspecified atom stereocenters. The molecule has 0 bridgehead atoms. The van der Waals surface area contributed by atoms with Crippen LogP contribution in [0.3, 0.4) is 0 Å². The molecular formula is C24H28FN7O. The summed E-state index contributed by atoms with van der Waals surface area (Å²) in [6.45, 7) is 4.00. The second-order valence-electron chi connectivity index (χ2n) is 8.85. The summed E-state index contributed by atoms with van der Waals surface area (Å²) in [4.78, 5) is 26.0. The van der Waals surface area contributed by atoms with Gasteiger partial charge in [-0.1, -0.05) is 19.1 Å². The van der Waals surface area contributed by atoms with Crippen LogP contribution in [-0.4, -0.2) is 45.3 Å². The summed E-state index contributed by atoms with van der Waals surface area (Å²) in [6.07, 6.45) is 8.65. The molecule has 1 saturated carbocycles. The maximum Gasteiger partial charge on any atom is 0.249 e. The first kappa shape index (κ1) is 21.4. The quantitative estimate of drug-likeness (QED) is 0.568. The van der Waals surface area contributed by atoms with Gasteiger partial charge >= 0.3 is 0 Å². The minimum Gasteiger partial charge on any atom is -0.350 e.